The number of aliphatic hydroxyl groups is 1. The average Bonchev–Trinajstić information content (AvgIpc) is 2.94. The van der Waals surface area contributed by atoms with Gasteiger partial charge in [0.2, 0.25) is 5.91 Å². The molecular formula is C17H31N3O3. The monoisotopic (exact) mass is 325 g/mol. The van der Waals surface area contributed by atoms with Crippen LogP contribution in [0.2, 0.25) is 0 Å². The fourth-order valence-electron chi connectivity index (χ4n) is 4.35. The van der Waals surface area contributed by atoms with E-state index in [0.29, 0.717) is 13.0 Å². The Morgan fingerprint density at radius 1 is 1.35 bits per heavy atom. The van der Waals surface area contributed by atoms with Gasteiger partial charge in [0.25, 0.3) is 0 Å². The summed E-state index contributed by atoms with van der Waals surface area (Å²) in [7, 11) is 0. The molecule has 1 heterocycles. The van der Waals surface area contributed by atoms with Crippen LogP contribution in [0.4, 0.5) is 4.79 Å². The molecule has 1 aliphatic heterocycles. The molecule has 23 heavy (non-hydrogen) atoms. The normalized spacial score (nSPS) is 32.6. The van der Waals surface area contributed by atoms with Crippen LogP contribution < -0.4 is 11.1 Å². The lowest BCUT2D eigenvalue weighted by Crippen LogP contribution is -2.55. The molecule has 0 radical (unpaired) electrons. The predicted molar refractivity (Wildman–Crippen MR) is 88.7 cm³/mol. The third-order valence-corrected chi connectivity index (χ3v) is 5.49. The van der Waals surface area contributed by atoms with E-state index in [4.69, 9.17) is 5.73 Å². The highest BCUT2D eigenvalue weighted by Gasteiger charge is 2.45. The van der Waals surface area contributed by atoms with Crippen LogP contribution in [-0.4, -0.2) is 46.2 Å². The van der Waals surface area contributed by atoms with Crippen molar-refractivity contribution < 1.29 is 14.7 Å². The van der Waals surface area contributed by atoms with Crippen LogP contribution in [0.5, 0.6) is 0 Å². The third-order valence-electron chi connectivity index (χ3n) is 5.49. The molecule has 2 aliphatic rings. The Kier molecular flexibility index (Phi) is 5.89. The summed E-state index contributed by atoms with van der Waals surface area (Å²) in [6.07, 6.45) is 7.20. The van der Waals surface area contributed by atoms with Gasteiger partial charge < -0.3 is 21.1 Å². The summed E-state index contributed by atoms with van der Waals surface area (Å²) >= 11 is 0. The molecule has 3 unspecified atom stereocenters. The number of likely N-dealkylation sites (tertiary alicyclic amines) is 1. The summed E-state index contributed by atoms with van der Waals surface area (Å²) in [4.78, 5) is 26.0. The Labute approximate surface area is 138 Å². The van der Waals surface area contributed by atoms with Gasteiger partial charge in [0.1, 0.15) is 6.04 Å². The molecule has 132 valence electrons. The molecule has 2 fully saturated rings. The van der Waals surface area contributed by atoms with E-state index in [0.717, 1.165) is 44.9 Å². The Morgan fingerprint density at radius 2 is 2.09 bits per heavy atom. The SMILES string of the molecule is CCC[C@@H](NC(N)=O)C(=O)N1CCCC1C1CCCCC1(C)O. The van der Waals surface area contributed by atoms with Crippen LogP contribution >= 0.6 is 0 Å². The number of nitrogens with zero attached hydrogens (tertiary/aromatic N) is 1. The van der Waals surface area contributed by atoms with Gasteiger partial charge in [0.05, 0.1) is 5.60 Å². The van der Waals surface area contributed by atoms with E-state index in [1.807, 2.05) is 18.7 Å². The number of carbonyl (C=O) groups is 2. The Morgan fingerprint density at radius 3 is 2.70 bits per heavy atom. The first kappa shape index (κ1) is 18.0. The maximum atomic E-state index is 12.9. The predicted octanol–water partition coefficient (Wildman–Crippen LogP) is 1.76. The minimum absolute atomic E-state index is 0.0467. The second kappa shape index (κ2) is 7.51. The van der Waals surface area contributed by atoms with Crippen molar-refractivity contribution in [1.82, 2.24) is 10.2 Å². The lowest BCUT2D eigenvalue weighted by atomic mass is 9.72. The fraction of sp³-hybridized carbons (Fsp3) is 0.882. The molecule has 0 spiro atoms. The Bertz CT molecular complexity index is 439. The number of hydrogen-bond acceptors (Lipinski definition) is 3. The second-order valence-corrected chi connectivity index (χ2v) is 7.30. The van der Waals surface area contributed by atoms with Crippen molar-refractivity contribution in [2.75, 3.05) is 6.54 Å². The minimum Gasteiger partial charge on any atom is -0.390 e. The number of nitrogens with two attached hydrogens (primary N) is 1. The quantitative estimate of drug-likeness (QED) is 0.718. The molecule has 0 aromatic rings. The van der Waals surface area contributed by atoms with Gasteiger partial charge >= 0.3 is 6.03 Å². The first-order valence-electron chi connectivity index (χ1n) is 8.95. The van der Waals surface area contributed by atoms with Crippen molar-refractivity contribution in [3.8, 4) is 0 Å². The molecule has 4 atom stereocenters. The molecule has 4 N–H and O–H groups in total. The van der Waals surface area contributed by atoms with E-state index in [2.05, 4.69) is 5.32 Å². The van der Waals surface area contributed by atoms with Gasteiger partial charge in [-0.15, -0.1) is 0 Å². The van der Waals surface area contributed by atoms with Crippen molar-refractivity contribution >= 4 is 11.9 Å². The molecule has 1 saturated carbocycles. The van der Waals surface area contributed by atoms with Crippen LogP contribution in [0.15, 0.2) is 0 Å². The number of urea groups is 1. The average molecular weight is 325 g/mol. The highest BCUT2D eigenvalue weighted by molar-refractivity contribution is 5.87. The molecule has 6 nitrogen and oxygen atoms in total. The molecule has 3 amide bonds. The van der Waals surface area contributed by atoms with Gasteiger partial charge in [-0.1, -0.05) is 26.2 Å². The lowest BCUT2D eigenvalue weighted by molar-refractivity contribution is -0.138. The van der Waals surface area contributed by atoms with Crippen LogP contribution in [0.1, 0.15) is 65.2 Å². The number of rotatable bonds is 5. The van der Waals surface area contributed by atoms with Crippen LogP contribution in [0.3, 0.4) is 0 Å². The smallest absolute Gasteiger partial charge is 0.312 e. The minimum atomic E-state index is -0.705. The van der Waals surface area contributed by atoms with E-state index in [-0.39, 0.29) is 17.9 Å². The standard InChI is InChI=1S/C17H31N3O3/c1-3-7-13(19-16(18)22)15(21)20-11-6-9-14(20)12-8-4-5-10-17(12,2)23/h12-14,23H,3-11H2,1-2H3,(H3,18,19,22)/t12?,13-,14?,17?/m1/s1. The van der Waals surface area contributed by atoms with Crippen molar-refractivity contribution in [1.29, 1.82) is 0 Å². The number of carbonyl (C=O) groups excluding carboxylic acids is 2. The van der Waals surface area contributed by atoms with Crippen molar-refractivity contribution in [3.63, 3.8) is 0 Å². The highest BCUT2D eigenvalue weighted by atomic mass is 16.3. The summed E-state index contributed by atoms with van der Waals surface area (Å²) in [5, 5.41) is 13.3. The number of amides is 3. The lowest BCUT2D eigenvalue weighted by Gasteiger charge is -2.44. The van der Waals surface area contributed by atoms with E-state index >= 15 is 0 Å². The van der Waals surface area contributed by atoms with Gasteiger partial charge in [-0.05, 0) is 39.0 Å². The molecule has 2 rings (SSSR count). The summed E-state index contributed by atoms with van der Waals surface area (Å²) < 4.78 is 0. The van der Waals surface area contributed by atoms with Gasteiger partial charge in [0, 0.05) is 18.5 Å². The molecule has 1 saturated heterocycles. The number of hydrogen-bond donors (Lipinski definition) is 3. The van der Waals surface area contributed by atoms with Gasteiger partial charge in [-0.2, -0.15) is 0 Å². The Hall–Kier alpha value is -1.30. The first-order chi connectivity index (χ1) is 10.9. The van der Waals surface area contributed by atoms with Crippen molar-refractivity contribution in [2.45, 2.75) is 82.9 Å². The van der Waals surface area contributed by atoms with Gasteiger partial charge in [0.15, 0.2) is 0 Å². The van der Waals surface area contributed by atoms with E-state index in [9.17, 15) is 14.7 Å². The molecule has 0 bridgehead atoms. The Balaban J connectivity index is 2.13. The van der Waals surface area contributed by atoms with E-state index in [1.165, 1.54) is 0 Å². The van der Waals surface area contributed by atoms with Crippen LogP contribution in [0.25, 0.3) is 0 Å². The molecule has 0 aromatic heterocycles. The molecule has 0 aromatic carbocycles. The maximum absolute atomic E-state index is 12.9. The second-order valence-electron chi connectivity index (χ2n) is 7.30. The van der Waals surface area contributed by atoms with Crippen LogP contribution in [0, 0.1) is 5.92 Å². The largest absolute Gasteiger partial charge is 0.390 e. The van der Waals surface area contributed by atoms with Gasteiger partial charge in [-0.3, -0.25) is 4.79 Å². The summed E-state index contributed by atoms with van der Waals surface area (Å²) in [5.41, 5.74) is 4.51. The molecule has 6 heteroatoms. The summed E-state index contributed by atoms with van der Waals surface area (Å²) in [6, 6.07) is -1.13. The molecular weight excluding hydrogens is 294 g/mol. The van der Waals surface area contributed by atoms with Crippen LogP contribution in [-0.2, 0) is 4.79 Å². The van der Waals surface area contributed by atoms with Crippen molar-refractivity contribution in [3.05, 3.63) is 0 Å². The zero-order valence-electron chi connectivity index (χ0n) is 14.4. The van der Waals surface area contributed by atoms with E-state index in [1.54, 1.807) is 0 Å². The summed E-state index contributed by atoms with van der Waals surface area (Å²) in [6.45, 7) is 4.59. The zero-order valence-corrected chi connectivity index (χ0v) is 14.4. The number of primary amides is 1. The zero-order chi connectivity index (χ0) is 17.0. The topological polar surface area (TPSA) is 95.7 Å². The van der Waals surface area contributed by atoms with Gasteiger partial charge in [-0.25, -0.2) is 4.79 Å². The number of nitrogens with one attached hydrogen (secondary N) is 1. The fourth-order valence-corrected chi connectivity index (χ4v) is 4.35. The van der Waals surface area contributed by atoms with Crippen molar-refractivity contribution in [2.24, 2.45) is 11.7 Å². The highest BCUT2D eigenvalue weighted by Crippen LogP contribution is 2.40. The van der Waals surface area contributed by atoms with E-state index < -0.39 is 17.7 Å². The third kappa shape index (κ3) is 4.16. The first-order valence-corrected chi connectivity index (χ1v) is 8.95. The maximum Gasteiger partial charge on any atom is 0.312 e. The molecule has 1 aliphatic carbocycles. The summed E-state index contributed by atoms with van der Waals surface area (Å²) in [5.74, 6) is 0.0769.